The van der Waals surface area contributed by atoms with E-state index in [2.05, 4.69) is 27.3 Å². The summed E-state index contributed by atoms with van der Waals surface area (Å²) in [6.07, 6.45) is 8.00. The first-order valence-electron chi connectivity index (χ1n) is 6.54. The predicted molar refractivity (Wildman–Crippen MR) is 71.7 cm³/mol. The molecule has 0 aliphatic carbocycles. The monoisotopic (exact) mass is 245 g/mol. The first kappa shape index (κ1) is 11.5. The highest BCUT2D eigenvalue weighted by molar-refractivity contribution is 5.66. The van der Waals surface area contributed by atoms with Gasteiger partial charge in [0.1, 0.15) is 5.52 Å². The zero-order valence-electron chi connectivity index (χ0n) is 10.7. The van der Waals surface area contributed by atoms with Gasteiger partial charge < -0.3 is 10.2 Å². The zero-order chi connectivity index (χ0) is 12.4. The third-order valence-corrected chi connectivity index (χ3v) is 3.72. The van der Waals surface area contributed by atoms with Gasteiger partial charge in [0.25, 0.3) is 0 Å². The molecule has 0 bridgehead atoms. The first-order chi connectivity index (χ1) is 8.83. The number of piperidine rings is 1. The molecule has 3 rings (SSSR count). The summed E-state index contributed by atoms with van der Waals surface area (Å²) in [5, 5.41) is 7.68. The zero-order valence-corrected chi connectivity index (χ0v) is 10.7. The van der Waals surface area contributed by atoms with Crippen LogP contribution in [-0.2, 0) is 0 Å². The van der Waals surface area contributed by atoms with Crippen molar-refractivity contribution in [3.8, 4) is 0 Å². The molecule has 5 heteroatoms. The second kappa shape index (κ2) is 4.94. The maximum absolute atomic E-state index is 4.40. The average molecular weight is 245 g/mol. The highest BCUT2D eigenvalue weighted by Crippen LogP contribution is 2.18. The van der Waals surface area contributed by atoms with Crippen LogP contribution < -0.4 is 5.32 Å². The third-order valence-electron chi connectivity index (χ3n) is 3.72. The van der Waals surface area contributed by atoms with Crippen LogP contribution in [0.4, 0.5) is 5.82 Å². The first-order valence-corrected chi connectivity index (χ1v) is 6.54. The molecule has 3 heterocycles. The molecule has 0 unspecified atom stereocenters. The van der Waals surface area contributed by atoms with Crippen molar-refractivity contribution in [1.82, 2.24) is 19.5 Å². The van der Waals surface area contributed by atoms with Gasteiger partial charge in [0.05, 0.1) is 6.20 Å². The summed E-state index contributed by atoms with van der Waals surface area (Å²) in [4.78, 5) is 6.79. The molecule has 0 aromatic carbocycles. The minimum absolute atomic E-state index is 0.756. The van der Waals surface area contributed by atoms with Crippen LogP contribution in [-0.4, -0.2) is 46.2 Å². The molecule has 0 atom stereocenters. The topological polar surface area (TPSA) is 45.5 Å². The number of likely N-dealkylation sites (tertiary alicyclic amines) is 1. The fraction of sp³-hybridized carbons (Fsp3) is 0.538. The van der Waals surface area contributed by atoms with Crippen LogP contribution in [0.1, 0.15) is 12.8 Å². The van der Waals surface area contributed by atoms with Crippen molar-refractivity contribution < 1.29 is 0 Å². The molecular formula is C13H19N5. The number of aromatic nitrogens is 3. The molecular weight excluding hydrogens is 226 g/mol. The molecule has 0 amide bonds. The lowest BCUT2D eigenvalue weighted by atomic mass is 9.97. The molecule has 18 heavy (non-hydrogen) atoms. The van der Waals surface area contributed by atoms with Crippen molar-refractivity contribution in [3.63, 3.8) is 0 Å². The Hall–Kier alpha value is -1.62. The van der Waals surface area contributed by atoms with E-state index in [0.717, 1.165) is 23.8 Å². The number of nitrogens with one attached hydrogen (secondary N) is 1. The SMILES string of the molecule is CN1CCC(CNc2nccn3nccc23)CC1. The van der Waals surface area contributed by atoms with E-state index in [4.69, 9.17) is 0 Å². The number of rotatable bonds is 3. The second-order valence-electron chi connectivity index (χ2n) is 5.06. The summed E-state index contributed by atoms with van der Waals surface area (Å²) in [6, 6.07) is 1.99. The Morgan fingerprint density at radius 1 is 1.33 bits per heavy atom. The molecule has 0 saturated carbocycles. The van der Waals surface area contributed by atoms with Crippen molar-refractivity contribution >= 4 is 11.3 Å². The van der Waals surface area contributed by atoms with Gasteiger partial charge in [0, 0.05) is 18.9 Å². The number of hydrogen-bond donors (Lipinski definition) is 1. The Bertz CT molecular complexity index is 513. The van der Waals surface area contributed by atoms with Crippen LogP contribution >= 0.6 is 0 Å². The highest BCUT2D eigenvalue weighted by Gasteiger charge is 2.16. The fourth-order valence-corrected chi connectivity index (χ4v) is 2.50. The van der Waals surface area contributed by atoms with E-state index in [-0.39, 0.29) is 0 Å². The Balaban J connectivity index is 1.64. The smallest absolute Gasteiger partial charge is 0.152 e. The van der Waals surface area contributed by atoms with Gasteiger partial charge >= 0.3 is 0 Å². The minimum Gasteiger partial charge on any atom is -0.368 e. The number of anilines is 1. The summed E-state index contributed by atoms with van der Waals surface area (Å²) >= 11 is 0. The molecule has 2 aromatic heterocycles. The largest absolute Gasteiger partial charge is 0.368 e. The highest BCUT2D eigenvalue weighted by atomic mass is 15.2. The number of nitrogens with zero attached hydrogens (tertiary/aromatic N) is 4. The molecule has 1 aliphatic rings. The van der Waals surface area contributed by atoms with Crippen LogP contribution in [0.5, 0.6) is 0 Å². The van der Waals surface area contributed by atoms with Crippen molar-refractivity contribution in [2.24, 2.45) is 5.92 Å². The van der Waals surface area contributed by atoms with Crippen LogP contribution in [0.15, 0.2) is 24.7 Å². The summed E-state index contributed by atoms with van der Waals surface area (Å²) in [5.74, 6) is 1.69. The Morgan fingerprint density at radius 2 is 2.17 bits per heavy atom. The third kappa shape index (κ3) is 2.31. The van der Waals surface area contributed by atoms with Gasteiger partial charge in [-0.2, -0.15) is 5.10 Å². The second-order valence-corrected chi connectivity index (χ2v) is 5.06. The van der Waals surface area contributed by atoms with E-state index in [0.29, 0.717) is 0 Å². The lowest BCUT2D eigenvalue weighted by Gasteiger charge is -2.29. The van der Waals surface area contributed by atoms with Gasteiger partial charge in [-0.1, -0.05) is 0 Å². The predicted octanol–water partition coefficient (Wildman–Crippen LogP) is 1.48. The van der Waals surface area contributed by atoms with Crippen molar-refractivity contribution in [2.75, 3.05) is 32.0 Å². The summed E-state index contributed by atoms with van der Waals surface area (Å²) < 4.78 is 1.85. The molecule has 1 fully saturated rings. The molecule has 2 aromatic rings. The lowest BCUT2D eigenvalue weighted by Crippen LogP contribution is -2.33. The van der Waals surface area contributed by atoms with E-state index in [1.54, 1.807) is 12.4 Å². The molecule has 1 saturated heterocycles. The van der Waals surface area contributed by atoms with E-state index in [1.165, 1.54) is 25.9 Å². The summed E-state index contributed by atoms with van der Waals surface area (Å²) in [5.41, 5.74) is 1.05. The van der Waals surface area contributed by atoms with Gasteiger partial charge in [-0.3, -0.25) is 0 Å². The van der Waals surface area contributed by atoms with Gasteiger partial charge in [-0.15, -0.1) is 0 Å². The van der Waals surface area contributed by atoms with Gasteiger partial charge in [0.2, 0.25) is 0 Å². The van der Waals surface area contributed by atoms with E-state index in [9.17, 15) is 0 Å². The van der Waals surface area contributed by atoms with Crippen molar-refractivity contribution in [1.29, 1.82) is 0 Å². The summed E-state index contributed by atoms with van der Waals surface area (Å²) in [7, 11) is 2.19. The Labute approximate surface area is 107 Å². The quantitative estimate of drug-likeness (QED) is 0.889. The van der Waals surface area contributed by atoms with Crippen LogP contribution in [0.3, 0.4) is 0 Å². The molecule has 5 nitrogen and oxygen atoms in total. The van der Waals surface area contributed by atoms with E-state index in [1.807, 2.05) is 16.8 Å². The maximum Gasteiger partial charge on any atom is 0.152 e. The van der Waals surface area contributed by atoms with E-state index >= 15 is 0 Å². The molecule has 1 N–H and O–H groups in total. The van der Waals surface area contributed by atoms with Crippen molar-refractivity contribution in [2.45, 2.75) is 12.8 Å². The molecule has 96 valence electrons. The fourth-order valence-electron chi connectivity index (χ4n) is 2.50. The van der Waals surface area contributed by atoms with Crippen molar-refractivity contribution in [3.05, 3.63) is 24.7 Å². The Kier molecular flexibility index (Phi) is 3.15. The maximum atomic E-state index is 4.40. The van der Waals surface area contributed by atoms with Crippen LogP contribution in [0, 0.1) is 5.92 Å². The van der Waals surface area contributed by atoms with Crippen LogP contribution in [0.25, 0.3) is 5.52 Å². The Morgan fingerprint density at radius 3 is 3.00 bits per heavy atom. The standard InChI is InChI=1S/C13H19N5/c1-17-7-3-11(4-8-17)10-15-13-12-2-5-16-18(12)9-6-14-13/h2,5-6,9,11H,3-4,7-8,10H2,1H3,(H,14,15). The average Bonchev–Trinajstić information content (AvgIpc) is 2.87. The molecule has 1 aliphatic heterocycles. The molecule has 0 spiro atoms. The van der Waals surface area contributed by atoms with E-state index < -0.39 is 0 Å². The van der Waals surface area contributed by atoms with Gasteiger partial charge in [0.15, 0.2) is 5.82 Å². The number of fused-ring (bicyclic) bond motifs is 1. The van der Waals surface area contributed by atoms with Crippen LogP contribution in [0.2, 0.25) is 0 Å². The van der Waals surface area contributed by atoms with Gasteiger partial charge in [-0.25, -0.2) is 9.50 Å². The lowest BCUT2D eigenvalue weighted by molar-refractivity contribution is 0.226. The summed E-state index contributed by atoms with van der Waals surface area (Å²) in [6.45, 7) is 3.42. The number of hydrogen-bond acceptors (Lipinski definition) is 4. The minimum atomic E-state index is 0.756. The normalized spacial score (nSPS) is 18.3. The molecule has 0 radical (unpaired) electrons. The van der Waals surface area contributed by atoms with Gasteiger partial charge in [-0.05, 0) is 45.0 Å².